The number of rotatable bonds is 3. The number of hydrogen-bond acceptors (Lipinski definition) is 4. The van der Waals surface area contributed by atoms with E-state index in [1.54, 1.807) is 29.0 Å². The van der Waals surface area contributed by atoms with Crippen molar-refractivity contribution in [1.82, 2.24) is 14.7 Å². The molecular weight excluding hydrogens is 306 g/mol. The largest absolute Gasteiger partial charge is 0.488 e. The van der Waals surface area contributed by atoms with Gasteiger partial charge < -0.3 is 14.1 Å². The first-order valence-electron chi connectivity index (χ1n) is 7.71. The molecule has 2 aromatic heterocycles. The van der Waals surface area contributed by atoms with Crippen LogP contribution >= 0.6 is 0 Å². The van der Waals surface area contributed by atoms with Gasteiger partial charge in [0.25, 0.3) is 5.91 Å². The van der Waals surface area contributed by atoms with Gasteiger partial charge in [-0.1, -0.05) is 12.1 Å². The third kappa shape index (κ3) is 2.27. The lowest BCUT2D eigenvalue weighted by Gasteiger charge is -2.19. The maximum atomic E-state index is 12.8. The molecule has 0 fully saturated rings. The number of para-hydroxylation sites is 1. The Hall–Kier alpha value is -3.02. The van der Waals surface area contributed by atoms with Gasteiger partial charge in [-0.05, 0) is 24.3 Å². The van der Waals surface area contributed by atoms with E-state index in [0.717, 1.165) is 28.3 Å². The average Bonchev–Trinajstić information content (AvgIpc) is 3.22. The third-order valence-corrected chi connectivity index (χ3v) is 4.18. The number of hydrogen-bond donors (Lipinski definition) is 0. The number of fused-ring (bicyclic) bond motifs is 3. The minimum absolute atomic E-state index is 0.147. The normalized spacial score (nSPS) is 12.2. The van der Waals surface area contributed by atoms with Crippen LogP contribution < -0.4 is 4.74 Å². The Morgan fingerprint density at radius 3 is 2.92 bits per heavy atom. The summed E-state index contributed by atoms with van der Waals surface area (Å²) in [6.45, 7) is 0.741. The molecule has 6 heteroatoms. The Morgan fingerprint density at radius 2 is 2.12 bits per heavy atom. The van der Waals surface area contributed by atoms with Crippen LogP contribution in [0.5, 0.6) is 5.75 Å². The number of benzene rings is 1. The summed E-state index contributed by atoms with van der Waals surface area (Å²) in [6, 6.07) is 11.4. The second kappa shape index (κ2) is 5.56. The number of furan rings is 1. The summed E-state index contributed by atoms with van der Waals surface area (Å²) < 4.78 is 12.9. The molecule has 1 aliphatic rings. The molecule has 0 aliphatic carbocycles. The third-order valence-electron chi connectivity index (χ3n) is 4.18. The van der Waals surface area contributed by atoms with Gasteiger partial charge in [0.2, 0.25) is 0 Å². The van der Waals surface area contributed by atoms with Crippen LogP contribution in [0.15, 0.2) is 47.1 Å². The first kappa shape index (κ1) is 14.6. The lowest BCUT2D eigenvalue weighted by Crippen LogP contribution is -2.27. The van der Waals surface area contributed by atoms with Gasteiger partial charge in [0, 0.05) is 25.2 Å². The molecule has 3 heterocycles. The minimum atomic E-state index is -0.147. The summed E-state index contributed by atoms with van der Waals surface area (Å²) in [4.78, 5) is 14.4. The van der Waals surface area contributed by atoms with E-state index < -0.39 is 0 Å². The van der Waals surface area contributed by atoms with E-state index in [1.165, 1.54) is 0 Å². The van der Waals surface area contributed by atoms with Gasteiger partial charge >= 0.3 is 0 Å². The fraction of sp³-hybridized carbons (Fsp3) is 0.222. The molecule has 0 atom stereocenters. The first-order valence-corrected chi connectivity index (χ1v) is 7.71. The monoisotopic (exact) mass is 323 g/mol. The molecule has 6 nitrogen and oxygen atoms in total. The van der Waals surface area contributed by atoms with E-state index in [0.29, 0.717) is 18.8 Å². The van der Waals surface area contributed by atoms with Crippen molar-refractivity contribution >= 4 is 5.91 Å². The lowest BCUT2D eigenvalue weighted by atomic mass is 10.0. The predicted molar refractivity (Wildman–Crippen MR) is 87.5 cm³/mol. The zero-order chi connectivity index (χ0) is 16.7. The molecule has 0 bridgehead atoms. The van der Waals surface area contributed by atoms with Crippen LogP contribution in [0.4, 0.5) is 0 Å². The van der Waals surface area contributed by atoms with Crippen LogP contribution in [0.1, 0.15) is 21.8 Å². The fourth-order valence-corrected chi connectivity index (χ4v) is 3.04. The zero-order valence-electron chi connectivity index (χ0n) is 13.5. The molecule has 1 aliphatic heterocycles. The highest BCUT2D eigenvalue weighted by Gasteiger charge is 2.29. The van der Waals surface area contributed by atoms with Gasteiger partial charge in [-0.15, -0.1) is 0 Å². The molecule has 0 spiro atoms. The number of aryl methyl sites for hydroxylation is 1. The first-order chi connectivity index (χ1) is 11.6. The van der Waals surface area contributed by atoms with E-state index in [1.807, 2.05) is 37.4 Å². The van der Waals surface area contributed by atoms with E-state index in [4.69, 9.17) is 9.15 Å². The smallest absolute Gasteiger partial charge is 0.274 e. The van der Waals surface area contributed by atoms with Crippen molar-refractivity contribution in [3.8, 4) is 17.0 Å². The van der Waals surface area contributed by atoms with Gasteiger partial charge in [0.1, 0.15) is 18.1 Å². The molecule has 1 aromatic carbocycles. The molecule has 0 saturated carbocycles. The summed E-state index contributed by atoms with van der Waals surface area (Å²) in [5, 5.41) is 4.46. The second-order valence-electron chi connectivity index (χ2n) is 5.82. The summed E-state index contributed by atoms with van der Waals surface area (Å²) >= 11 is 0. The molecule has 0 N–H and O–H groups in total. The summed E-state index contributed by atoms with van der Waals surface area (Å²) in [6.07, 6.45) is 1.60. The van der Waals surface area contributed by atoms with Gasteiger partial charge in [-0.2, -0.15) is 5.10 Å². The molecule has 24 heavy (non-hydrogen) atoms. The van der Waals surface area contributed by atoms with Crippen molar-refractivity contribution in [2.45, 2.75) is 13.2 Å². The Labute approximate surface area is 139 Å². The Morgan fingerprint density at radius 1 is 1.29 bits per heavy atom. The van der Waals surface area contributed by atoms with E-state index in [9.17, 15) is 4.79 Å². The Kier molecular flexibility index (Phi) is 3.37. The van der Waals surface area contributed by atoms with Crippen LogP contribution in [0.25, 0.3) is 11.3 Å². The van der Waals surface area contributed by atoms with Crippen molar-refractivity contribution in [2.24, 2.45) is 7.05 Å². The average molecular weight is 323 g/mol. The van der Waals surface area contributed by atoms with E-state index >= 15 is 0 Å². The van der Waals surface area contributed by atoms with Gasteiger partial charge in [0.15, 0.2) is 5.69 Å². The highest BCUT2D eigenvalue weighted by Crippen LogP contribution is 2.38. The number of nitrogens with zero attached hydrogens (tertiary/aromatic N) is 3. The van der Waals surface area contributed by atoms with E-state index in [2.05, 4.69) is 5.10 Å². The number of amides is 1. The number of carbonyl (C=O) groups excluding carboxylic acids is 1. The highest BCUT2D eigenvalue weighted by atomic mass is 16.5. The van der Waals surface area contributed by atoms with Crippen molar-refractivity contribution in [2.75, 3.05) is 7.05 Å². The van der Waals surface area contributed by atoms with Crippen molar-refractivity contribution < 1.29 is 13.9 Å². The highest BCUT2D eigenvalue weighted by molar-refractivity contribution is 5.96. The molecule has 1 amide bonds. The number of ether oxygens (including phenoxy) is 1. The summed E-state index contributed by atoms with van der Waals surface area (Å²) in [7, 11) is 3.59. The van der Waals surface area contributed by atoms with Gasteiger partial charge in [-0.3, -0.25) is 9.48 Å². The van der Waals surface area contributed by atoms with Crippen molar-refractivity contribution in [3.05, 3.63) is 59.7 Å². The number of carbonyl (C=O) groups is 1. The zero-order valence-corrected chi connectivity index (χ0v) is 13.5. The summed E-state index contributed by atoms with van der Waals surface area (Å²) in [5.41, 5.74) is 3.15. The standard InChI is InChI=1S/C18H17N3O3/c1-20(10-12-6-5-9-23-12)18(22)16-14-11-24-15-8-4-3-7-13(15)17(14)21(2)19-16/h3-9H,10-11H2,1-2H3. The predicted octanol–water partition coefficient (Wildman–Crippen LogP) is 2.84. The maximum Gasteiger partial charge on any atom is 0.274 e. The molecule has 4 rings (SSSR count). The molecule has 0 radical (unpaired) electrons. The molecular formula is C18H17N3O3. The van der Waals surface area contributed by atoms with Crippen molar-refractivity contribution in [3.63, 3.8) is 0 Å². The Bertz CT molecular complexity index is 896. The van der Waals surface area contributed by atoms with Crippen LogP contribution in [-0.2, 0) is 20.2 Å². The summed E-state index contributed by atoms with van der Waals surface area (Å²) in [5.74, 6) is 1.40. The maximum absolute atomic E-state index is 12.8. The van der Waals surface area contributed by atoms with Crippen LogP contribution in [0, 0.1) is 0 Å². The van der Waals surface area contributed by atoms with Crippen molar-refractivity contribution in [1.29, 1.82) is 0 Å². The van der Waals surface area contributed by atoms with Gasteiger partial charge in [-0.25, -0.2) is 0 Å². The minimum Gasteiger partial charge on any atom is -0.488 e. The molecule has 3 aromatic rings. The van der Waals surface area contributed by atoms with Gasteiger partial charge in [0.05, 0.1) is 18.5 Å². The lowest BCUT2D eigenvalue weighted by molar-refractivity contribution is 0.0766. The quantitative estimate of drug-likeness (QED) is 0.743. The van der Waals surface area contributed by atoms with E-state index in [-0.39, 0.29) is 5.91 Å². The van der Waals surface area contributed by atoms with Crippen LogP contribution in [0.3, 0.4) is 0 Å². The molecule has 0 saturated heterocycles. The molecule has 122 valence electrons. The van der Waals surface area contributed by atoms with Crippen LogP contribution in [0.2, 0.25) is 0 Å². The fourth-order valence-electron chi connectivity index (χ4n) is 3.04. The second-order valence-corrected chi connectivity index (χ2v) is 5.82. The Balaban J connectivity index is 1.70. The topological polar surface area (TPSA) is 60.5 Å². The van der Waals surface area contributed by atoms with Crippen LogP contribution in [-0.4, -0.2) is 27.6 Å². The molecule has 0 unspecified atom stereocenters. The number of aromatic nitrogens is 2. The SMILES string of the molecule is CN(Cc1ccco1)C(=O)c1nn(C)c2c1COc1ccccc1-2.